The Morgan fingerprint density at radius 1 is 1.29 bits per heavy atom. The van der Waals surface area contributed by atoms with Crippen LogP contribution in [0.5, 0.6) is 0 Å². The molecule has 1 N–H and O–H groups in total. The molecule has 92 valence electrons. The summed E-state index contributed by atoms with van der Waals surface area (Å²) in [6.45, 7) is 2.12. The van der Waals surface area contributed by atoms with Crippen molar-refractivity contribution in [1.82, 2.24) is 0 Å². The van der Waals surface area contributed by atoms with Crippen molar-refractivity contribution in [3.63, 3.8) is 0 Å². The van der Waals surface area contributed by atoms with Crippen molar-refractivity contribution in [2.75, 3.05) is 5.32 Å². The van der Waals surface area contributed by atoms with E-state index in [0.29, 0.717) is 0 Å². The summed E-state index contributed by atoms with van der Waals surface area (Å²) in [5.74, 6) is 0.194. The molecule has 0 aliphatic heterocycles. The molecule has 1 aromatic rings. The molecule has 0 aromatic heterocycles. The number of carbonyl (C=O) groups is 1. The van der Waals surface area contributed by atoms with Gasteiger partial charge in [0.1, 0.15) is 0 Å². The summed E-state index contributed by atoms with van der Waals surface area (Å²) < 4.78 is 1.03. The zero-order valence-electron chi connectivity index (χ0n) is 10.1. The van der Waals surface area contributed by atoms with Crippen molar-refractivity contribution >= 4 is 27.5 Å². The van der Waals surface area contributed by atoms with Gasteiger partial charge in [0.15, 0.2) is 0 Å². The minimum atomic E-state index is -0.118. The fourth-order valence-electron chi connectivity index (χ4n) is 2.59. The lowest BCUT2D eigenvalue weighted by molar-refractivity contribution is -0.125. The molecule has 17 heavy (non-hydrogen) atoms. The van der Waals surface area contributed by atoms with E-state index in [1.54, 1.807) is 0 Å². The number of hydrogen-bond acceptors (Lipinski definition) is 1. The van der Waals surface area contributed by atoms with E-state index in [-0.39, 0.29) is 11.3 Å². The summed E-state index contributed by atoms with van der Waals surface area (Å²) in [5, 5.41) is 3.04. The quantitative estimate of drug-likeness (QED) is 0.882. The fourth-order valence-corrected chi connectivity index (χ4v) is 2.85. The molecular formula is C14H18BrNO. The zero-order chi connectivity index (χ0) is 12.3. The SMILES string of the molecule is CCC1(C(=O)Nc2ccc(Br)cc2)CCCC1. The first-order valence-electron chi connectivity index (χ1n) is 6.23. The van der Waals surface area contributed by atoms with Crippen LogP contribution in [0.2, 0.25) is 0 Å². The van der Waals surface area contributed by atoms with E-state index in [2.05, 4.69) is 28.2 Å². The van der Waals surface area contributed by atoms with E-state index in [0.717, 1.165) is 29.4 Å². The number of benzene rings is 1. The van der Waals surface area contributed by atoms with Crippen molar-refractivity contribution < 1.29 is 4.79 Å². The number of nitrogens with one attached hydrogen (secondary N) is 1. The lowest BCUT2D eigenvalue weighted by atomic mass is 9.82. The van der Waals surface area contributed by atoms with E-state index in [9.17, 15) is 4.79 Å². The van der Waals surface area contributed by atoms with Gasteiger partial charge in [-0.05, 0) is 43.5 Å². The van der Waals surface area contributed by atoms with Crippen LogP contribution >= 0.6 is 15.9 Å². The van der Waals surface area contributed by atoms with Gasteiger partial charge in [-0.2, -0.15) is 0 Å². The van der Waals surface area contributed by atoms with Crippen molar-refractivity contribution in [3.05, 3.63) is 28.7 Å². The van der Waals surface area contributed by atoms with Gasteiger partial charge >= 0.3 is 0 Å². The Morgan fingerprint density at radius 3 is 2.41 bits per heavy atom. The summed E-state index contributed by atoms with van der Waals surface area (Å²) in [6, 6.07) is 7.76. The van der Waals surface area contributed by atoms with Gasteiger partial charge in [-0.25, -0.2) is 0 Å². The number of amides is 1. The highest BCUT2D eigenvalue weighted by Crippen LogP contribution is 2.41. The van der Waals surface area contributed by atoms with Crippen LogP contribution in [-0.2, 0) is 4.79 Å². The van der Waals surface area contributed by atoms with Crippen LogP contribution in [0.15, 0.2) is 28.7 Å². The highest BCUT2D eigenvalue weighted by atomic mass is 79.9. The van der Waals surface area contributed by atoms with Crippen LogP contribution in [0.3, 0.4) is 0 Å². The van der Waals surface area contributed by atoms with Gasteiger partial charge in [0, 0.05) is 15.6 Å². The summed E-state index contributed by atoms with van der Waals surface area (Å²) in [5.41, 5.74) is 0.769. The lowest BCUT2D eigenvalue weighted by Crippen LogP contribution is -2.33. The highest BCUT2D eigenvalue weighted by Gasteiger charge is 2.39. The van der Waals surface area contributed by atoms with Gasteiger partial charge in [0.2, 0.25) is 5.91 Å². The van der Waals surface area contributed by atoms with E-state index < -0.39 is 0 Å². The Hall–Kier alpha value is -0.830. The average molecular weight is 296 g/mol. The topological polar surface area (TPSA) is 29.1 Å². The third-order valence-corrected chi connectivity index (χ3v) is 4.35. The van der Waals surface area contributed by atoms with Crippen molar-refractivity contribution in [2.24, 2.45) is 5.41 Å². The van der Waals surface area contributed by atoms with Crippen molar-refractivity contribution in [2.45, 2.75) is 39.0 Å². The van der Waals surface area contributed by atoms with Crippen LogP contribution in [0.4, 0.5) is 5.69 Å². The van der Waals surface area contributed by atoms with E-state index in [1.807, 2.05) is 24.3 Å². The van der Waals surface area contributed by atoms with Gasteiger partial charge in [-0.15, -0.1) is 0 Å². The third kappa shape index (κ3) is 2.71. The average Bonchev–Trinajstić information content (AvgIpc) is 2.82. The van der Waals surface area contributed by atoms with Gasteiger partial charge in [-0.1, -0.05) is 35.7 Å². The maximum Gasteiger partial charge on any atom is 0.230 e. The standard InChI is InChI=1S/C14H18BrNO/c1-2-14(9-3-4-10-14)13(17)16-12-7-5-11(15)6-8-12/h5-8H,2-4,9-10H2,1H3,(H,16,17). The van der Waals surface area contributed by atoms with Crippen molar-refractivity contribution in [3.8, 4) is 0 Å². The second-order valence-electron chi connectivity index (χ2n) is 4.80. The van der Waals surface area contributed by atoms with Gasteiger partial charge in [0.05, 0.1) is 0 Å². The molecule has 0 saturated heterocycles. The molecule has 0 heterocycles. The number of carbonyl (C=O) groups excluding carboxylic acids is 1. The van der Waals surface area contributed by atoms with Crippen molar-refractivity contribution in [1.29, 1.82) is 0 Å². The number of anilines is 1. The molecule has 1 fully saturated rings. The second-order valence-corrected chi connectivity index (χ2v) is 5.72. The van der Waals surface area contributed by atoms with Crippen LogP contribution in [-0.4, -0.2) is 5.91 Å². The first kappa shape index (κ1) is 12.6. The molecule has 1 aliphatic rings. The molecule has 2 nitrogen and oxygen atoms in total. The predicted molar refractivity (Wildman–Crippen MR) is 74.0 cm³/mol. The van der Waals surface area contributed by atoms with E-state index >= 15 is 0 Å². The first-order valence-corrected chi connectivity index (χ1v) is 7.03. The van der Waals surface area contributed by atoms with E-state index in [1.165, 1.54) is 12.8 Å². The van der Waals surface area contributed by atoms with E-state index in [4.69, 9.17) is 0 Å². The molecule has 0 bridgehead atoms. The maximum atomic E-state index is 12.3. The fraction of sp³-hybridized carbons (Fsp3) is 0.500. The molecule has 3 heteroatoms. The van der Waals surface area contributed by atoms with Crippen LogP contribution in [0, 0.1) is 5.41 Å². The Kier molecular flexibility index (Phi) is 3.87. The molecule has 0 atom stereocenters. The monoisotopic (exact) mass is 295 g/mol. The predicted octanol–water partition coefficient (Wildman–Crippen LogP) is 4.36. The third-order valence-electron chi connectivity index (χ3n) is 3.82. The molecule has 1 amide bonds. The van der Waals surface area contributed by atoms with Gasteiger partial charge in [0.25, 0.3) is 0 Å². The second kappa shape index (κ2) is 5.21. The molecule has 1 aromatic carbocycles. The lowest BCUT2D eigenvalue weighted by Gasteiger charge is -2.26. The Labute approximate surface area is 111 Å². The summed E-state index contributed by atoms with van der Waals surface area (Å²) in [4.78, 5) is 12.3. The van der Waals surface area contributed by atoms with Gasteiger partial charge in [-0.3, -0.25) is 4.79 Å². The number of hydrogen-bond donors (Lipinski definition) is 1. The van der Waals surface area contributed by atoms with Gasteiger partial charge < -0.3 is 5.32 Å². The smallest absolute Gasteiger partial charge is 0.230 e. The highest BCUT2D eigenvalue weighted by molar-refractivity contribution is 9.10. The van der Waals surface area contributed by atoms with Crippen LogP contribution in [0.25, 0.3) is 0 Å². The molecule has 1 saturated carbocycles. The zero-order valence-corrected chi connectivity index (χ0v) is 11.7. The Bertz CT molecular complexity index is 393. The molecular weight excluding hydrogens is 278 g/mol. The molecule has 1 aliphatic carbocycles. The number of halogens is 1. The van der Waals surface area contributed by atoms with Crippen LogP contribution < -0.4 is 5.32 Å². The van der Waals surface area contributed by atoms with Crippen LogP contribution in [0.1, 0.15) is 39.0 Å². The molecule has 0 unspecified atom stereocenters. The number of rotatable bonds is 3. The molecule has 0 radical (unpaired) electrons. The minimum absolute atomic E-state index is 0.118. The minimum Gasteiger partial charge on any atom is -0.326 e. The largest absolute Gasteiger partial charge is 0.326 e. The Balaban J connectivity index is 2.08. The normalized spacial score (nSPS) is 18.0. The first-order chi connectivity index (χ1) is 8.16. The Morgan fingerprint density at radius 2 is 1.88 bits per heavy atom. The molecule has 0 spiro atoms. The maximum absolute atomic E-state index is 12.3. The summed E-state index contributed by atoms with van der Waals surface area (Å²) in [7, 11) is 0. The summed E-state index contributed by atoms with van der Waals surface area (Å²) in [6.07, 6.45) is 5.37. The summed E-state index contributed by atoms with van der Waals surface area (Å²) >= 11 is 3.39. The molecule has 2 rings (SSSR count).